The number of carboxylic acids is 2. The summed E-state index contributed by atoms with van der Waals surface area (Å²) in [7, 11) is 0. The summed E-state index contributed by atoms with van der Waals surface area (Å²) in [5.41, 5.74) is 0.662. The molecule has 148 valence electrons. The normalized spacial score (nSPS) is 11.6. The third-order valence-electron chi connectivity index (χ3n) is 3.21. The van der Waals surface area contributed by atoms with E-state index >= 15 is 0 Å². The van der Waals surface area contributed by atoms with Gasteiger partial charge < -0.3 is 10.2 Å². The molecule has 0 aliphatic heterocycles. The Hall–Kier alpha value is -2.79. The van der Waals surface area contributed by atoms with Crippen LogP contribution in [0.1, 0.15) is 33.6 Å². The summed E-state index contributed by atoms with van der Waals surface area (Å²) in [5, 5.41) is 16.8. The number of aromatic carboxylic acids is 2. The van der Waals surface area contributed by atoms with Crippen molar-refractivity contribution in [1.29, 1.82) is 0 Å². The van der Waals surface area contributed by atoms with Gasteiger partial charge in [-0.3, -0.25) is 12.2 Å². The average molecular weight is 553 g/mol. The zero-order valence-corrected chi connectivity index (χ0v) is 19.5. The Kier molecular flexibility index (Phi) is 15.7. The van der Waals surface area contributed by atoms with E-state index < -0.39 is 11.9 Å². The van der Waals surface area contributed by atoms with E-state index in [9.17, 15) is 9.59 Å². The number of allylic oxidation sites excluding steroid dienone is 8. The molecule has 2 N–H and O–H groups in total. The fourth-order valence-electron chi connectivity index (χ4n) is 1.84. The van der Waals surface area contributed by atoms with Gasteiger partial charge in [0.2, 0.25) is 0 Å². The first-order valence-corrected chi connectivity index (χ1v) is 8.61. The Morgan fingerprint density at radius 1 is 0.655 bits per heavy atom. The predicted molar refractivity (Wildman–Crippen MR) is 110 cm³/mol. The van der Waals surface area contributed by atoms with E-state index in [1.807, 2.05) is 24.3 Å². The monoisotopic (exact) mass is 554 g/mol. The Morgan fingerprint density at radius 2 is 1.00 bits per heavy atom. The molecular formula is C24H22HfO4-2. The Bertz CT molecular complexity index is 731. The molecule has 5 heteroatoms. The minimum atomic E-state index is -0.879. The zero-order chi connectivity index (χ0) is 20.5. The molecule has 2 aromatic carbocycles. The number of hydrogen-bond donors (Lipinski definition) is 2. The predicted octanol–water partition coefficient (Wildman–Crippen LogP) is 5.38. The number of carbonyl (C=O) groups is 2. The minimum absolute atomic E-state index is 0. The van der Waals surface area contributed by atoms with Crippen molar-refractivity contribution >= 4 is 11.9 Å². The molecule has 2 aliphatic carbocycles. The van der Waals surface area contributed by atoms with Gasteiger partial charge in [-0.05, 0) is 24.3 Å². The summed E-state index contributed by atoms with van der Waals surface area (Å²) in [5.74, 6) is -1.76. The van der Waals surface area contributed by atoms with Crippen molar-refractivity contribution in [3.63, 3.8) is 0 Å². The topological polar surface area (TPSA) is 74.6 Å². The van der Waals surface area contributed by atoms with Gasteiger partial charge in [0.25, 0.3) is 0 Å². The van der Waals surface area contributed by atoms with Crippen LogP contribution < -0.4 is 0 Å². The van der Waals surface area contributed by atoms with Gasteiger partial charge in [0.05, 0.1) is 11.1 Å². The van der Waals surface area contributed by atoms with Crippen LogP contribution in [0.5, 0.6) is 0 Å². The van der Waals surface area contributed by atoms with Gasteiger partial charge in [0, 0.05) is 25.8 Å². The molecule has 0 heterocycles. The fraction of sp³-hybridized carbons (Fsp3) is 0.0833. The minimum Gasteiger partial charge on any atom is -0.478 e. The number of carboxylic acid groups (broad SMARTS) is 2. The molecule has 0 bridgehead atoms. The maximum absolute atomic E-state index is 10.2. The van der Waals surface area contributed by atoms with Gasteiger partial charge in [-0.2, -0.15) is 12.2 Å². The third kappa shape index (κ3) is 13.9. The second-order valence-corrected chi connectivity index (χ2v) is 5.35. The summed E-state index contributed by atoms with van der Waals surface area (Å²) in [6, 6.07) is 16.6. The van der Waals surface area contributed by atoms with Crippen LogP contribution in [0.15, 0.2) is 97.1 Å². The number of hydrogen-bond acceptors (Lipinski definition) is 2. The molecule has 29 heavy (non-hydrogen) atoms. The molecule has 4 rings (SSSR count). The van der Waals surface area contributed by atoms with Gasteiger partial charge in [-0.1, -0.05) is 36.4 Å². The van der Waals surface area contributed by atoms with Crippen LogP contribution in [-0.2, 0) is 25.8 Å². The van der Waals surface area contributed by atoms with Crippen LogP contribution in [0.25, 0.3) is 0 Å². The van der Waals surface area contributed by atoms with Crippen molar-refractivity contribution in [1.82, 2.24) is 0 Å². The molecule has 2 aliphatic rings. The van der Waals surface area contributed by atoms with E-state index in [1.54, 1.807) is 60.7 Å². The van der Waals surface area contributed by atoms with Crippen molar-refractivity contribution in [2.45, 2.75) is 12.8 Å². The summed E-state index contributed by atoms with van der Waals surface area (Å²) in [6.45, 7) is 0. The van der Waals surface area contributed by atoms with E-state index in [0.717, 1.165) is 12.8 Å². The van der Waals surface area contributed by atoms with E-state index in [2.05, 4.69) is 24.3 Å². The third-order valence-corrected chi connectivity index (χ3v) is 3.21. The summed E-state index contributed by atoms with van der Waals surface area (Å²) < 4.78 is 0. The van der Waals surface area contributed by atoms with Crippen molar-refractivity contribution in [2.75, 3.05) is 0 Å². The molecular weight excluding hydrogens is 531 g/mol. The molecule has 4 nitrogen and oxygen atoms in total. The van der Waals surface area contributed by atoms with E-state index in [1.165, 1.54) is 0 Å². The van der Waals surface area contributed by atoms with Gasteiger partial charge in [0.1, 0.15) is 0 Å². The first kappa shape index (κ1) is 26.2. The van der Waals surface area contributed by atoms with Crippen LogP contribution in [0, 0.1) is 12.2 Å². The second-order valence-electron chi connectivity index (χ2n) is 5.35. The summed E-state index contributed by atoms with van der Waals surface area (Å²) in [6.07, 6.45) is 20.0. The molecule has 0 saturated heterocycles. The first-order valence-electron chi connectivity index (χ1n) is 8.61. The molecule has 0 spiro atoms. The summed E-state index contributed by atoms with van der Waals surface area (Å²) in [4.78, 5) is 20.4. The van der Waals surface area contributed by atoms with Gasteiger partial charge >= 0.3 is 11.9 Å². The van der Waals surface area contributed by atoms with Crippen LogP contribution in [0.4, 0.5) is 0 Å². The van der Waals surface area contributed by atoms with Gasteiger partial charge in [-0.15, -0.1) is 12.8 Å². The quantitative estimate of drug-likeness (QED) is 0.388. The SMILES string of the molecule is O=C(O)c1ccccc1.O=C(O)c1ccccc1.[C-]1=CC=CC1.[C-]1=CC=CC1.[Hf]. The molecule has 0 saturated carbocycles. The molecule has 0 unspecified atom stereocenters. The van der Waals surface area contributed by atoms with Crippen molar-refractivity contribution in [3.05, 3.63) is 120 Å². The Labute approximate surface area is 190 Å². The molecule has 0 fully saturated rings. The molecule has 0 radical (unpaired) electrons. The maximum atomic E-state index is 10.2. The molecule has 0 atom stereocenters. The van der Waals surface area contributed by atoms with Crippen LogP contribution in [-0.4, -0.2) is 22.2 Å². The average Bonchev–Trinajstić information content (AvgIpc) is 3.48. The molecule has 0 amide bonds. The molecule has 2 aromatic rings. The summed E-state index contributed by atoms with van der Waals surface area (Å²) >= 11 is 0. The second kappa shape index (κ2) is 17.3. The van der Waals surface area contributed by atoms with Crippen LogP contribution >= 0.6 is 0 Å². The number of benzene rings is 2. The van der Waals surface area contributed by atoms with Gasteiger partial charge in [-0.25, -0.2) is 33.9 Å². The zero-order valence-electron chi connectivity index (χ0n) is 15.9. The largest absolute Gasteiger partial charge is 0.478 e. The number of rotatable bonds is 2. The van der Waals surface area contributed by atoms with Crippen molar-refractivity contribution in [3.8, 4) is 0 Å². The van der Waals surface area contributed by atoms with Crippen LogP contribution in [0.2, 0.25) is 0 Å². The van der Waals surface area contributed by atoms with E-state index in [4.69, 9.17) is 10.2 Å². The van der Waals surface area contributed by atoms with Crippen LogP contribution in [0.3, 0.4) is 0 Å². The fourth-order valence-corrected chi connectivity index (χ4v) is 1.84. The van der Waals surface area contributed by atoms with E-state index in [-0.39, 0.29) is 25.8 Å². The Morgan fingerprint density at radius 3 is 1.14 bits per heavy atom. The standard InChI is InChI=1S/2C7H6O2.2C5H5.Hf/c2*8-7(9)6-4-2-1-3-5-6;2*1-2-4-5-3-1;/h2*1-5H,(H,8,9);2*1-3H,4H2;/q;;2*-1;. The molecule has 0 aromatic heterocycles. The maximum Gasteiger partial charge on any atom is 0.335 e. The Balaban J connectivity index is 0.000000369. The van der Waals surface area contributed by atoms with E-state index in [0.29, 0.717) is 11.1 Å². The van der Waals surface area contributed by atoms with Crippen molar-refractivity contribution < 1.29 is 45.6 Å². The first-order chi connectivity index (χ1) is 13.6. The van der Waals surface area contributed by atoms with Gasteiger partial charge in [0.15, 0.2) is 0 Å². The van der Waals surface area contributed by atoms with Crippen molar-refractivity contribution in [2.24, 2.45) is 0 Å². The smallest absolute Gasteiger partial charge is 0.335 e.